The zero-order valence-corrected chi connectivity index (χ0v) is 11.9. The van der Waals surface area contributed by atoms with E-state index in [-0.39, 0.29) is 19.1 Å². The summed E-state index contributed by atoms with van der Waals surface area (Å²) in [4.78, 5) is 16.8. The summed E-state index contributed by atoms with van der Waals surface area (Å²) in [5.41, 5.74) is 1.09. The van der Waals surface area contributed by atoms with E-state index in [0.29, 0.717) is 22.3 Å². The molecule has 4 nitrogen and oxygen atoms in total. The van der Waals surface area contributed by atoms with E-state index in [0.717, 1.165) is 10.9 Å². The van der Waals surface area contributed by atoms with Gasteiger partial charge in [-0.25, -0.2) is 0 Å². The molecule has 19 heavy (non-hydrogen) atoms. The van der Waals surface area contributed by atoms with Gasteiger partial charge in [-0.1, -0.05) is 23.2 Å². The van der Waals surface area contributed by atoms with Crippen molar-refractivity contribution in [3.63, 3.8) is 0 Å². The van der Waals surface area contributed by atoms with Crippen molar-refractivity contribution in [1.82, 2.24) is 9.88 Å². The first-order valence-corrected chi connectivity index (χ1v) is 6.71. The molecule has 2 N–H and O–H groups in total. The van der Waals surface area contributed by atoms with Crippen molar-refractivity contribution in [2.24, 2.45) is 0 Å². The number of hydrogen-bond acceptors (Lipinski definition) is 2. The van der Waals surface area contributed by atoms with E-state index in [2.05, 4.69) is 4.98 Å². The van der Waals surface area contributed by atoms with Crippen LogP contribution in [-0.4, -0.2) is 40.6 Å². The maximum atomic E-state index is 12.3. The molecule has 0 aliphatic heterocycles. The first-order valence-electron chi connectivity index (χ1n) is 5.95. The van der Waals surface area contributed by atoms with Crippen LogP contribution in [0.5, 0.6) is 0 Å². The third kappa shape index (κ3) is 2.71. The molecule has 1 aromatic heterocycles. The number of H-pyrrole nitrogens is 1. The molecule has 1 heterocycles. The number of carbonyl (C=O) groups is 1. The van der Waals surface area contributed by atoms with Crippen LogP contribution in [0.25, 0.3) is 10.9 Å². The fourth-order valence-corrected chi connectivity index (χ4v) is 2.42. The van der Waals surface area contributed by atoms with E-state index in [1.54, 1.807) is 18.2 Å². The van der Waals surface area contributed by atoms with Crippen LogP contribution in [-0.2, 0) is 0 Å². The SMILES string of the molecule is CCN(CCO)C(=O)c1[nH]c2ccc(Cl)cc2c1Cl. The molecule has 0 aliphatic rings. The zero-order chi connectivity index (χ0) is 14.0. The van der Waals surface area contributed by atoms with Gasteiger partial charge in [0.2, 0.25) is 0 Å². The van der Waals surface area contributed by atoms with Gasteiger partial charge >= 0.3 is 0 Å². The van der Waals surface area contributed by atoms with Crippen LogP contribution in [0.15, 0.2) is 18.2 Å². The molecule has 0 radical (unpaired) electrons. The number of carbonyl (C=O) groups excluding carboxylic acids is 1. The normalized spacial score (nSPS) is 10.9. The van der Waals surface area contributed by atoms with Crippen molar-refractivity contribution in [3.05, 3.63) is 33.9 Å². The second kappa shape index (κ2) is 5.82. The molecular weight excluding hydrogens is 287 g/mol. The molecule has 102 valence electrons. The number of benzene rings is 1. The topological polar surface area (TPSA) is 56.3 Å². The van der Waals surface area contributed by atoms with Crippen LogP contribution in [0.3, 0.4) is 0 Å². The Bertz CT molecular complexity index is 610. The summed E-state index contributed by atoms with van der Waals surface area (Å²) >= 11 is 12.1. The number of halogens is 2. The standard InChI is InChI=1S/C13H14Cl2N2O2/c1-2-17(5-6-18)13(19)12-11(15)9-7-8(14)3-4-10(9)16-12/h3-4,7,16,18H,2,5-6H2,1H3. The Kier molecular flexibility index (Phi) is 4.34. The molecule has 0 unspecified atom stereocenters. The first kappa shape index (κ1) is 14.2. The molecule has 0 aliphatic carbocycles. The van der Waals surface area contributed by atoms with Crippen LogP contribution in [0.1, 0.15) is 17.4 Å². The highest BCUT2D eigenvalue weighted by molar-refractivity contribution is 6.39. The lowest BCUT2D eigenvalue weighted by atomic mass is 10.2. The molecule has 2 rings (SSSR count). The predicted molar refractivity (Wildman–Crippen MR) is 77.0 cm³/mol. The summed E-state index contributed by atoms with van der Waals surface area (Å²) in [6.07, 6.45) is 0. The molecule has 2 aromatic rings. The van der Waals surface area contributed by atoms with Crippen molar-refractivity contribution in [3.8, 4) is 0 Å². The lowest BCUT2D eigenvalue weighted by Gasteiger charge is -2.18. The molecule has 0 bridgehead atoms. The van der Waals surface area contributed by atoms with Crippen molar-refractivity contribution < 1.29 is 9.90 Å². The van der Waals surface area contributed by atoms with Gasteiger partial charge in [0, 0.05) is 29.0 Å². The van der Waals surface area contributed by atoms with Gasteiger partial charge in [0.15, 0.2) is 0 Å². The number of likely N-dealkylation sites (N-methyl/N-ethyl adjacent to an activating group) is 1. The van der Waals surface area contributed by atoms with Crippen LogP contribution >= 0.6 is 23.2 Å². The molecule has 0 saturated heterocycles. The molecular formula is C13H14Cl2N2O2. The minimum Gasteiger partial charge on any atom is -0.395 e. The monoisotopic (exact) mass is 300 g/mol. The highest BCUT2D eigenvalue weighted by Crippen LogP contribution is 2.30. The van der Waals surface area contributed by atoms with Crippen molar-refractivity contribution in [1.29, 1.82) is 0 Å². The second-order valence-corrected chi connectivity index (χ2v) is 4.93. The fraction of sp³-hybridized carbons (Fsp3) is 0.308. The lowest BCUT2D eigenvalue weighted by molar-refractivity contribution is 0.0727. The number of aliphatic hydroxyl groups excluding tert-OH is 1. The van der Waals surface area contributed by atoms with Crippen LogP contribution in [0.2, 0.25) is 10.0 Å². The average Bonchev–Trinajstić information content (AvgIpc) is 2.72. The van der Waals surface area contributed by atoms with Gasteiger partial charge in [-0.3, -0.25) is 4.79 Å². The number of aliphatic hydroxyl groups is 1. The molecule has 0 spiro atoms. The minimum absolute atomic E-state index is 0.0801. The number of nitrogens with one attached hydrogen (secondary N) is 1. The Hall–Kier alpha value is -1.23. The van der Waals surface area contributed by atoms with E-state index < -0.39 is 0 Å². The number of nitrogens with zero attached hydrogens (tertiary/aromatic N) is 1. The maximum absolute atomic E-state index is 12.3. The zero-order valence-electron chi connectivity index (χ0n) is 10.4. The number of rotatable bonds is 4. The van der Waals surface area contributed by atoms with E-state index in [1.165, 1.54) is 4.90 Å². The summed E-state index contributed by atoms with van der Waals surface area (Å²) in [6.45, 7) is 2.55. The fourth-order valence-electron chi connectivity index (χ4n) is 1.96. The van der Waals surface area contributed by atoms with Gasteiger partial charge in [-0.05, 0) is 25.1 Å². The molecule has 1 aromatic carbocycles. The summed E-state index contributed by atoms with van der Waals surface area (Å²) in [5, 5.41) is 10.6. The molecule has 0 saturated carbocycles. The number of aromatic nitrogens is 1. The van der Waals surface area contributed by atoms with E-state index in [1.807, 2.05) is 6.92 Å². The van der Waals surface area contributed by atoms with E-state index >= 15 is 0 Å². The third-order valence-corrected chi connectivity index (χ3v) is 3.58. The van der Waals surface area contributed by atoms with Crippen LogP contribution < -0.4 is 0 Å². The first-order chi connectivity index (χ1) is 9.08. The van der Waals surface area contributed by atoms with Gasteiger partial charge in [0.25, 0.3) is 5.91 Å². The van der Waals surface area contributed by atoms with Crippen LogP contribution in [0.4, 0.5) is 0 Å². The predicted octanol–water partition coefficient (Wildman–Crippen LogP) is 2.93. The Morgan fingerprint density at radius 2 is 2.16 bits per heavy atom. The lowest BCUT2D eigenvalue weighted by Crippen LogP contribution is -2.33. The summed E-state index contributed by atoms with van der Waals surface area (Å²) in [6, 6.07) is 5.23. The van der Waals surface area contributed by atoms with Crippen molar-refractivity contribution in [2.75, 3.05) is 19.7 Å². The second-order valence-electron chi connectivity index (χ2n) is 4.11. The minimum atomic E-state index is -0.228. The maximum Gasteiger partial charge on any atom is 0.271 e. The number of amides is 1. The number of hydrogen-bond donors (Lipinski definition) is 2. The van der Waals surface area contributed by atoms with E-state index in [4.69, 9.17) is 28.3 Å². The highest BCUT2D eigenvalue weighted by atomic mass is 35.5. The van der Waals surface area contributed by atoms with Gasteiger partial charge in [-0.2, -0.15) is 0 Å². The number of fused-ring (bicyclic) bond motifs is 1. The van der Waals surface area contributed by atoms with Gasteiger partial charge in [0.1, 0.15) is 5.69 Å². The van der Waals surface area contributed by atoms with Gasteiger partial charge in [-0.15, -0.1) is 0 Å². The molecule has 0 atom stereocenters. The smallest absolute Gasteiger partial charge is 0.271 e. The van der Waals surface area contributed by atoms with Crippen molar-refractivity contribution in [2.45, 2.75) is 6.92 Å². The van der Waals surface area contributed by atoms with Crippen molar-refractivity contribution >= 4 is 40.0 Å². The van der Waals surface area contributed by atoms with E-state index in [9.17, 15) is 4.79 Å². The quantitative estimate of drug-likeness (QED) is 0.912. The van der Waals surface area contributed by atoms with Crippen LogP contribution in [0, 0.1) is 0 Å². The summed E-state index contributed by atoms with van der Waals surface area (Å²) in [5.74, 6) is -0.228. The Morgan fingerprint density at radius 3 is 2.79 bits per heavy atom. The Balaban J connectivity index is 2.45. The average molecular weight is 301 g/mol. The van der Waals surface area contributed by atoms with Gasteiger partial charge in [0.05, 0.1) is 11.6 Å². The molecule has 6 heteroatoms. The third-order valence-electron chi connectivity index (χ3n) is 2.95. The summed E-state index contributed by atoms with van der Waals surface area (Å²) in [7, 11) is 0. The molecule has 1 amide bonds. The Labute approximate surface area is 120 Å². The molecule has 0 fully saturated rings. The largest absolute Gasteiger partial charge is 0.395 e. The van der Waals surface area contributed by atoms with Gasteiger partial charge < -0.3 is 15.0 Å². The Morgan fingerprint density at radius 1 is 1.42 bits per heavy atom. The number of aromatic amines is 1. The highest BCUT2D eigenvalue weighted by Gasteiger charge is 2.20. The summed E-state index contributed by atoms with van der Waals surface area (Å²) < 4.78 is 0.